The van der Waals surface area contributed by atoms with Crippen molar-refractivity contribution in [3.8, 4) is 16.8 Å². The second-order valence-electron chi connectivity index (χ2n) is 18.3. The van der Waals surface area contributed by atoms with Crippen LogP contribution in [0.4, 0.5) is 17.1 Å². The van der Waals surface area contributed by atoms with Crippen LogP contribution in [-0.2, 0) is 17.3 Å². The third-order valence-corrected chi connectivity index (χ3v) is 15.9. The summed E-state index contributed by atoms with van der Waals surface area (Å²) in [5, 5.41) is 2.60. The fraction of sp³-hybridized carbons (Fsp3) is 0.115. The average molecular weight is 839 g/mol. The predicted octanol–water partition coefficient (Wildman–Crippen LogP) is 15.9. The fourth-order valence-electron chi connectivity index (χ4n) is 11.9. The zero-order valence-electron chi connectivity index (χ0n) is 35.9. The van der Waals surface area contributed by atoms with Gasteiger partial charge in [-0.3, -0.25) is 0 Å². The summed E-state index contributed by atoms with van der Waals surface area (Å²) in [6.45, 7) is 4.79. The van der Waals surface area contributed by atoms with E-state index in [4.69, 9.17) is 0 Å². The normalized spacial score (nSPS) is 21.1. The minimum Gasteiger partial charge on any atom is -0.311 e. The van der Waals surface area contributed by atoms with Crippen LogP contribution in [0.3, 0.4) is 0 Å². The van der Waals surface area contributed by atoms with Crippen LogP contribution in [0.25, 0.3) is 44.7 Å². The summed E-state index contributed by atoms with van der Waals surface area (Å²) in [6.07, 6.45) is 15.4. The summed E-state index contributed by atoms with van der Waals surface area (Å²) in [5.74, 6) is 0.713. The van der Waals surface area contributed by atoms with Crippen LogP contribution >= 0.6 is 11.8 Å². The van der Waals surface area contributed by atoms with Crippen molar-refractivity contribution in [2.75, 3.05) is 4.90 Å². The first-order chi connectivity index (χ1) is 31.5. The molecule has 1 aliphatic heterocycles. The van der Waals surface area contributed by atoms with Gasteiger partial charge in [-0.05, 0) is 118 Å². The maximum absolute atomic E-state index is 2.60. The molecule has 4 atom stereocenters. The Morgan fingerprint density at radius 3 is 2.00 bits per heavy atom. The van der Waals surface area contributed by atoms with E-state index < -0.39 is 0 Å². The standard InChI is InChI=1S/C61H46N2S/c1-40-24-34-48-43(37-40)27-35-49-50-38-57-54(61(53-21-11-12-22-56(53)64-57)52-20-10-9-19-51(52)60(2)36-14-13-23-58(60)61)39-55(50)63(59(48)49)47-32-30-46(31-33-47)62(44-17-7-4-8-18-44)45-28-25-42(26-29-45)41-15-5-3-6-16-41/h3-36,38-40,58H,37H2,1-2H3. The average Bonchev–Trinajstić information content (AvgIpc) is 3.79. The zero-order valence-corrected chi connectivity index (χ0v) is 36.8. The molecule has 0 saturated heterocycles. The number of para-hydroxylation sites is 1. The second-order valence-corrected chi connectivity index (χ2v) is 19.4. The highest BCUT2D eigenvalue weighted by Gasteiger charge is 2.60. The van der Waals surface area contributed by atoms with Crippen molar-refractivity contribution >= 4 is 56.7 Å². The molecule has 3 aliphatic carbocycles. The SMILES string of the molecule is CC1C=Cc2c(ccc3c4cc5c(cc4n(-c4ccc(N(c6ccccc6)c6ccc(-c7ccccc7)cc6)cc4)c23)C2(c3ccccc3S5)c3ccccc3C3(C)C=CC=CC32)C1. The van der Waals surface area contributed by atoms with Crippen LogP contribution in [0.2, 0.25) is 0 Å². The molecule has 0 saturated carbocycles. The van der Waals surface area contributed by atoms with E-state index in [0.717, 1.165) is 29.2 Å². The van der Waals surface area contributed by atoms with Crippen LogP contribution in [0.15, 0.2) is 222 Å². The van der Waals surface area contributed by atoms with Crippen molar-refractivity contribution in [3.05, 3.63) is 246 Å². The van der Waals surface area contributed by atoms with Crippen LogP contribution in [-0.4, -0.2) is 4.57 Å². The zero-order chi connectivity index (χ0) is 42.6. The molecule has 0 radical (unpaired) electrons. The highest BCUT2D eigenvalue weighted by atomic mass is 32.2. The molecule has 306 valence electrons. The van der Waals surface area contributed by atoms with E-state index in [0.29, 0.717) is 5.92 Å². The van der Waals surface area contributed by atoms with Crippen LogP contribution < -0.4 is 4.90 Å². The lowest BCUT2D eigenvalue weighted by atomic mass is 9.59. The number of hydrogen-bond donors (Lipinski definition) is 0. The number of fused-ring (bicyclic) bond motifs is 14. The van der Waals surface area contributed by atoms with E-state index in [2.05, 4.69) is 242 Å². The lowest BCUT2D eigenvalue weighted by Crippen LogP contribution is -2.42. The Morgan fingerprint density at radius 2 is 1.22 bits per heavy atom. The predicted molar refractivity (Wildman–Crippen MR) is 269 cm³/mol. The first kappa shape index (κ1) is 37.5. The van der Waals surface area contributed by atoms with Crippen LogP contribution in [0, 0.1) is 11.8 Å². The van der Waals surface area contributed by atoms with Gasteiger partial charge >= 0.3 is 0 Å². The number of nitrogens with zero attached hydrogens (tertiary/aromatic N) is 2. The Balaban J connectivity index is 1.04. The highest BCUT2D eigenvalue weighted by molar-refractivity contribution is 7.99. The van der Waals surface area contributed by atoms with Gasteiger partial charge in [0.05, 0.1) is 16.4 Å². The number of aromatic nitrogens is 1. The van der Waals surface area contributed by atoms with Gasteiger partial charge in [-0.15, -0.1) is 0 Å². The van der Waals surface area contributed by atoms with E-state index in [1.54, 1.807) is 0 Å². The first-order valence-corrected chi connectivity index (χ1v) is 23.5. The Kier molecular flexibility index (Phi) is 8.33. The van der Waals surface area contributed by atoms with Crippen LogP contribution in [0.1, 0.15) is 47.2 Å². The Labute approximate surface area is 379 Å². The smallest absolute Gasteiger partial charge is 0.0616 e. The molecule has 1 spiro atoms. The van der Waals surface area contributed by atoms with Gasteiger partial charge in [0.1, 0.15) is 0 Å². The molecule has 0 bridgehead atoms. The van der Waals surface area contributed by atoms with Gasteiger partial charge in [-0.1, -0.05) is 177 Å². The van der Waals surface area contributed by atoms with Gasteiger partial charge in [0, 0.05) is 60.2 Å². The molecule has 4 aliphatic rings. The van der Waals surface area contributed by atoms with Gasteiger partial charge < -0.3 is 9.47 Å². The number of hydrogen-bond acceptors (Lipinski definition) is 2. The minimum absolute atomic E-state index is 0.151. The maximum atomic E-state index is 2.60. The molecule has 3 heteroatoms. The van der Waals surface area contributed by atoms with Gasteiger partial charge in [0.2, 0.25) is 0 Å². The number of benzene rings is 8. The van der Waals surface area contributed by atoms with E-state index in [1.807, 2.05) is 11.8 Å². The van der Waals surface area contributed by atoms with Crippen molar-refractivity contribution in [3.63, 3.8) is 0 Å². The molecule has 0 amide bonds. The molecular weight excluding hydrogens is 793 g/mol. The minimum atomic E-state index is -0.371. The molecule has 0 N–H and O–H groups in total. The summed E-state index contributed by atoms with van der Waals surface area (Å²) in [6, 6.07) is 68.1. The molecule has 9 aromatic rings. The third kappa shape index (κ3) is 5.34. The quantitative estimate of drug-likeness (QED) is 0.171. The van der Waals surface area contributed by atoms with Gasteiger partial charge in [0.15, 0.2) is 0 Å². The lowest BCUT2D eigenvalue weighted by molar-refractivity contribution is 0.358. The van der Waals surface area contributed by atoms with Crippen molar-refractivity contribution in [2.45, 2.75) is 40.9 Å². The molecule has 8 aromatic carbocycles. The maximum Gasteiger partial charge on any atom is 0.0616 e. The molecular formula is C61H46N2S. The van der Waals surface area contributed by atoms with Crippen molar-refractivity contribution in [2.24, 2.45) is 11.8 Å². The highest BCUT2D eigenvalue weighted by Crippen LogP contribution is 2.67. The van der Waals surface area contributed by atoms with E-state index >= 15 is 0 Å². The third-order valence-electron chi connectivity index (χ3n) is 14.8. The number of allylic oxidation sites excluding steroid dienone is 5. The van der Waals surface area contributed by atoms with Crippen LogP contribution in [0.5, 0.6) is 0 Å². The first-order valence-electron chi connectivity index (χ1n) is 22.7. The van der Waals surface area contributed by atoms with Gasteiger partial charge in [-0.2, -0.15) is 0 Å². The van der Waals surface area contributed by atoms with E-state index in [9.17, 15) is 0 Å². The monoisotopic (exact) mass is 838 g/mol. The van der Waals surface area contributed by atoms with E-state index in [1.165, 1.54) is 76.1 Å². The summed E-state index contributed by atoms with van der Waals surface area (Å²) < 4.78 is 2.59. The van der Waals surface area contributed by atoms with E-state index in [-0.39, 0.29) is 16.7 Å². The molecule has 13 rings (SSSR count). The Morgan fingerprint density at radius 1 is 0.562 bits per heavy atom. The summed E-state index contributed by atoms with van der Waals surface area (Å²) in [5.41, 5.74) is 17.4. The summed E-state index contributed by atoms with van der Waals surface area (Å²) in [7, 11) is 0. The van der Waals surface area contributed by atoms with Gasteiger partial charge in [-0.25, -0.2) is 0 Å². The summed E-state index contributed by atoms with van der Waals surface area (Å²) in [4.78, 5) is 5.07. The Bertz CT molecular complexity index is 3410. The molecule has 0 fully saturated rings. The molecule has 1 aromatic heterocycles. The second kappa shape index (κ2) is 14.2. The number of anilines is 3. The lowest BCUT2D eigenvalue weighted by Gasteiger charge is -2.45. The van der Waals surface area contributed by atoms with Crippen molar-refractivity contribution < 1.29 is 0 Å². The number of rotatable bonds is 5. The van der Waals surface area contributed by atoms with Crippen molar-refractivity contribution in [1.29, 1.82) is 0 Å². The van der Waals surface area contributed by atoms with Gasteiger partial charge in [0.25, 0.3) is 0 Å². The van der Waals surface area contributed by atoms with Crippen molar-refractivity contribution in [1.82, 2.24) is 4.57 Å². The summed E-state index contributed by atoms with van der Waals surface area (Å²) >= 11 is 1.94. The molecule has 4 unspecified atom stereocenters. The Hall–Kier alpha value is -7.07. The molecule has 64 heavy (non-hydrogen) atoms. The fourth-order valence-corrected chi connectivity index (χ4v) is 13.2. The molecule has 2 heterocycles. The molecule has 2 nitrogen and oxygen atoms in total. The largest absolute Gasteiger partial charge is 0.311 e. The topological polar surface area (TPSA) is 8.17 Å².